The lowest BCUT2D eigenvalue weighted by atomic mass is 10.2. The van der Waals surface area contributed by atoms with E-state index in [-0.39, 0.29) is 0 Å². The van der Waals surface area contributed by atoms with Gasteiger partial charge in [0.05, 0.1) is 6.54 Å². The number of anilines is 1. The summed E-state index contributed by atoms with van der Waals surface area (Å²) in [6.07, 6.45) is 2.40. The van der Waals surface area contributed by atoms with Crippen LogP contribution in [0.15, 0.2) is 0 Å². The van der Waals surface area contributed by atoms with Gasteiger partial charge in [-0.2, -0.15) is 0 Å². The van der Waals surface area contributed by atoms with Gasteiger partial charge in [0.15, 0.2) is 0 Å². The van der Waals surface area contributed by atoms with Crippen LogP contribution in [0.2, 0.25) is 0 Å². The molecule has 1 aliphatic heterocycles. The maximum absolute atomic E-state index is 5.62. The van der Waals surface area contributed by atoms with Crippen LogP contribution in [0.3, 0.4) is 0 Å². The zero-order chi connectivity index (χ0) is 12.3. The van der Waals surface area contributed by atoms with Crippen molar-refractivity contribution in [3.05, 3.63) is 5.01 Å². The molecule has 0 radical (unpaired) electrons. The van der Waals surface area contributed by atoms with Gasteiger partial charge < -0.3 is 10.6 Å². The molecule has 17 heavy (non-hydrogen) atoms. The maximum atomic E-state index is 5.62. The van der Waals surface area contributed by atoms with Crippen molar-refractivity contribution in [2.24, 2.45) is 0 Å². The molecule has 0 spiro atoms. The SMILES string of the molecule is CCC1CN(C)CCCN1Cc1nnc(N)s1. The molecule has 0 amide bonds. The van der Waals surface area contributed by atoms with Gasteiger partial charge in [-0.3, -0.25) is 4.90 Å². The Kier molecular flexibility index (Phi) is 4.31. The van der Waals surface area contributed by atoms with Crippen molar-refractivity contribution < 1.29 is 0 Å². The van der Waals surface area contributed by atoms with E-state index in [1.165, 1.54) is 30.7 Å². The lowest BCUT2D eigenvalue weighted by molar-refractivity contribution is 0.175. The molecule has 1 aromatic heterocycles. The van der Waals surface area contributed by atoms with Gasteiger partial charge in [0.2, 0.25) is 5.13 Å². The third kappa shape index (κ3) is 3.37. The zero-order valence-electron chi connectivity index (χ0n) is 10.6. The standard InChI is InChI=1S/C11H21N5S/c1-3-9-7-15(2)5-4-6-16(9)8-10-13-14-11(12)17-10/h9H,3-8H2,1-2H3,(H2,12,14). The molecular formula is C11H21N5S. The summed E-state index contributed by atoms with van der Waals surface area (Å²) in [6.45, 7) is 6.62. The van der Waals surface area contributed by atoms with Gasteiger partial charge in [-0.1, -0.05) is 18.3 Å². The van der Waals surface area contributed by atoms with Crippen molar-refractivity contribution in [2.75, 3.05) is 32.4 Å². The molecule has 1 fully saturated rings. The molecular weight excluding hydrogens is 234 g/mol. The first kappa shape index (κ1) is 12.7. The van der Waals surface area contributed by atoms with Gasteiger partial charge >= 0.3 is 0 Å². The van der Waals surface area contributed by atoms with Crippen LogP contribution in [0.4, 0.5) is 5.13 Å². The second-order valence-electron chi connectivity index (χ2n) is 4.68. The Labute approximate surface area is 107 Å². The molecule has 0 aliphatic carbocycles. The van der Waals surface area contributed by atoms with Crippen LogP contribution in [0.5, 0.6) is 0 Å². The average Bonchev–Trinajstić information content (AvgIpc) is 2.61. The summed E-state index contributed by atoms with van der Waals surface area (Å²) in [5, 5.41) is 9.60. The first-order chi connectivity index (χ1) is 8.19. The van der Waals surface area contributed by atoms with Gasteiger partial charge in [-0.05, 0) is 26.4 Å². The third-order valence-corrected chi connectivity index (χ3v) is 4.05. The summed E-state index contributed by atoms with van der Waals surface area (Å²) >= 11 is 1.50. The number of rotatable bonds is 3. The van der Waals surface area contributed by atoms with Gasteiger partial charge in [0, 0.05) is 19.1 Å². The highest BCUT2D eigenvalue weighted by Gasteiger charge is 2.22. The number of nitrogen functional groups attached to an aromatic ring is 1. The number of nitrogens with zero attached hydrogens (tertiary/aromatic N) is 4. The molecule has 1 unspecified atom stereocenters. The Morgan fingerprint density at radius 1 is 1.41 bits per heavy atom. The van der Waals surface area contributed by atoms with Crippen LogP contribution >= 0.6 is 11.3 Å². The van der Waals surface area contributed by atoms with E-state index in [9.17, 15) is 0 Å². The topological polar surface area (TPSA) is 58.3 Å². The molecule has 6 heteroatoms. The average molecular weight is 255 g/mol. The number of nitrogens with two attached hydrogens (primary N) is 1. The molecule has 0 saturated carbocycles. The highest BCUT2D eigenvalue weighted by Crippen LogP contribution is 2.18. The first-order valence-electron chi connectivity index (χ1n) is 6.19. The molecule has 1 saturated heterocycles. The normalized spacial score (nSPS) is 23.8. The van der Waals surface area contributed by atoms with Gasteiger partial charge in [0.1, 0.15) is 5.01 Å². The zero-order valence-corrected chi connectivity index (χ0v) is 11.4. The largest absolute Gasteiger partial charge is 0.374 e. The predicted octanol–water partition coefficient (Wildman–Crippen LogP) is 1.04. The van der Waals surface area contributed by atoms with E-state index in [0.29, 0.717) is 11.2 Å². The fourth-order valence-electron chi connectivity index (χ4n) is 2.39. The van der Waals surface area contributed by atoms with Crippen molar-refractivity contribution >= 4 is 16.5 Å². The Morgan fingerprint density at radius 3 is 2.88 bits per heavy atom. The van der Waals surface area contributed by atoms with E-state index in [1.54, 1.807) is 0 Å². The Morgan fingerprint density at radius 2 is 2.24 bits per heavy atom. The number of aromatic nitrogens is 2. The summed E-state index contributed by atoms with van der Waals surface area (Å²) < 4.78 is 0. The quantitative estimate of drug-likeness (QED) is 0.874. The lowest BCUT2D eigenvalue weighted by Crippen LogP contribution is -2.39. The Balaban J connectivity index is 2.01. The molecule has 0 aromatic carbocycles. The summed E-state index contributed by atoms with van der Waals surface area (Å²) in [6, 6.07) is 0.618. The highest BCUT2D eigenvalue weighted by molar-refractivity contribution is 7.15. The smallest absolute Gasteiger partial charge is 0.203 e. The third-order valence-electron chi connectivity index (χ3n) is 3.32. The van der Waals surface area contributed by atoms with Crippen molar-refractivity contribution in [1.82, 2.24) is 20.0 Å². The van der Waals surface area contributed by atoms with Crippen LogP contribution in [-0.4, -0.2) is 52.7 Å². The molecule has 2 heterocycles. The Hall–Kier alpha value is -0.720. The van der Waals surface area contributed by atoms with Gasteiger partial charge in [0.25, 0.3) is 0 Å². The minimum absolute atomic E-state index is 0.569. The molecule has 2 N–H and O–H groups in total. The summed E-state index contributed by atoms with van der Waals surface area (Å²) in [5.41, 5.74) is 5.62. The van der Waals surface area contributed by atoms with Crippen LogP contribution in [-0.2, 0) is 6.54 Å². The van der Waals surface area contributed by atoms with Crippen molar-refractivity contribution in [2.45, 2.75) is 32.4 Å². The molecule has 1 aliphatic rings. The number of hydrogen-bond acceptors (Lipinski definition) is 6. The van der Waals surface area contributed by atoms with Gasteiger partial charge in [-0.15, -0.1) is 10.2 Å². The van der Waals surface area contributed by atoms with E-state index < -0.39 is 0 Å². The van der Waals surface area contributed by atoms with Crippen LogP contribution < -0.4 is 5.73 Å². The molecule has 1 atom stereocenters. The van der Waals surface area contributed by atoms with Crippen LogP contribution in [0.1, 0.15) is 24.8 Å². The van der Waals surface area contributed by atoms with Gasteiger partial charge in [-0.25, -0.2) is 0 Å². The molecule has 0 bridgehead atoms. The van der Waals surface area contributed by atoms with E-state index in [2.05, 4.69) is 34.0 Å². The monoisotopic (exact) mass is 255 g/mol. The summed E-state index contributed by atoms with van der Waals surface area (Å²) in [5.74, 6) is 0. The first-order valence-corrected chi connectivity index (χ1v) is 7.01. The van der Waals surface area contributed by atoms with Crippen molar-refractivity contribution in [3.63, 3.8) is 0 Å². The molecule has 1 aromatic rings. The highest BCUT2D eigenvalue weighted by atomic mass is 32.1. The minimum Gasteiger partial charge on any atom is -0.374 e. The molecule has 2 rings (SSSR count). The van der Waals surface area contributed by atoms with E-state index in [4.69, 9.17) is 5.73 Å². The second kappa shape index (κ2) is 5.75. The summed E-state index contributed by atoms with van der Waals surface area (Å²) in [4.78, 5) is 4.94. The number of hydrogen-bond donors (Lipinski definition) is 1. The fraction of sp³-hybridized carbons (Fsp3) is 0.818. The van der Waals surface area contributed by atoms with E-state index in [1.807, 2.05) is 0 Å². The van der Waals surface area contributed by atoms with Crippen LogP contribution in [0, 0.1) is 0 Å². The second-order valence-corrected chi connectivity index (χ2v) is 5.78. The lowest BCUT2D eigenvalue weighted by Gasteiger charge is -2.29. The van der Waals surface area contributed by atoms with Crippen molar-refractivity contribution in [3.8, 4) is 0 Å². The molecule has 5 nitrogen and oxygen atoms in total. The van der Waals surface area contributed by atoms with Crippen molar-refractivity contribution in [1.29, 1.82) is 0 Å². The van der Waals surface area contributed by atoms with Crippen LogP contribution in [0.25, 0.3) is 0 Å². The molecule has 96 valence electrons. The maximum Gasteiger partial charge on any atom is 0.203 e. The Bertz CT molecular complexity index is 353. The fourth-order valence-corrected chi connectivity index (χ4v) is 3.03. The summed E-state index contributed by atoms with van der Waals surface area (Å²) in [7, 11) is 2.20. The van der Waals surface area contributed by atoms with E-state index >= 15 is 0 Å². The predicted molar refractivity (Wildman–Crippen MR) is 70.9 cm³/mol. The van der Waals surface area contributed by atoms with E-state index in [0.717, 1.165) is 24.6 Å². The minimum atomic E-state index is 0.569. The number of likely N-dealkylation sites (N-methyl/N-ethyl adjacent to an activating group) is 1.